The second kappa shape index (κ2) is 7.21. The van der Waals surface area contributed by atoms with Crippen molar-refractivity contribution in [2.24, 2.45) is 17.1 Å². The number of anilines is 2. The van der Waals surface area contributed by atoms with Gasteiger partial charge in [-0.3, -0.25) is 9.59 Å². The monoisotopic (exact) mass is 371 g/mol. The van der Waals surface area contributed by atoms with Gasteiger partial charge < -0.3 is 16.4 Å². The molecule has 0 bridgehead atoms. The molecule has 0 spiro atoms. The topological polar surface area (TPSA) is 102 Å². The first-order valence-corrected chi connectivity index (χ1v) is 9.61. The van der Waals surface area contributed by atoms with Gasteiger partial charge >= 0.3 is 0 Å². The fraction of sp³-hybridized carbons (Fsp3) is 0.550. The van der Waals surface area contributed by atoms with Crippen molar-refractivity contribution < 1.29 is 9.59 Å². The molecule has 1 aliphatic rings. The highest BCUT2D eigenvalue weighted by Crippen LogP contribution is 2.44. The molecule has 7 nitrogen and oxygen atoms in total. The zero-order valence-electron chi connectivity index (χ0n) is 16.5. The zero-order valence-corrected chi connectivity index (χ0v) is 16.5. The number of aromatic nitrogens is 2. The van der Waals surface area contributed by atoms with E-state index in [-0.39, 0.29) is 17.4 Å². The Labute approximate surface area is 159 Å². The summed E-state index contributed by atoms with van der Waals surface area (Å²) in [5.41, 5.74) is 8.13. The van der Waals surface area contributed by atoms with Gasteiger partial charge in [0, 0.05) is 12.5 Å². The van der Waals surface area contributed by atoms with Crippen molar-refractivity contribution in [2.75, 3.05) is 10.6 Å². The Hall–Kier alpha value is -2.57. The van der Waals surface area contributed by atoms with Crippen LogP contribution >= 0.6 is 0 Å². The molecular weight excluding hydrogens is 342 g/mol. The zero-order chi connectivity index (χ0) is 19.8. The molecule has 0 aromatic carbocycles. The first-order valence-electron chi connectivity index (χ1n) is 9.61. The van der Waals surface area contributed by atoms with Crippen molar-refractivity contribution in [3.05, 3.63) is 24.0 Å². The second-order valence-electron chi connectivity index (χ2n) is 8.15. The van der Waals surface area contributed by atoms with Crippen LogP contribution < -0.4 is 16.4 Å². The van der Waals surface area contributed by atoms with Gasteiger partial charge in [0.05, 0.1) is 34.8 Å². The van der Waals surface area contributed by atoms with Crippen LogP contribution in [0.1, 0.15) is 63.7 Å². The maximum absolute atomic E-state index is 12.0. The number of amides is 2. The van der Waals surface area contributed by atoms with E-state index in [0.29, 0.717) is 29.3 Å². The summed E-state index contributed by atoms with van der Waals surface area (Å²) in [5.74, 6) is 0.0264. The van der Waals surface area contributed by atoms with Gasteiger partial charge in [0.1, 0.15) is 0 Å². The van der Waals surface area contributed by atoms with E-state index in [2.05, 4.69) is 36.5 Å². The van der Waals surface area contributed by atoms with Gasteiger partial charge in [0.25, 0.3) is 5.91 Å². The van der Waals surface area contributed by atoms with Gasteiger partial charge in [-0.15, -0.1) is 0 Å². The number of carbonyl (C=O) groups is 2. The van der Waals surface area contributed by atoms with Gasteiger partial charge in [0.2, 0.25) is 5.91 Å². The number of nitrogens with one attached hydrogen (secondary N) is 2. The van der Waals surface area contributed by atoms with Crippen LogP contribution in [-0.2, 0) is 4.79 Å². The number of rotatable bonds is 6. The fourth-order valence-electron chi connectivity index (χ4n) is 3.85. The smallest absolute Gasteiger partial charge is 0.252 e. The summed E-state index contributed by atoms with van der Waals surface area (Å²) in [6.07, 6.45) is 6.65. The van der Waals surface area contributed by atoms with Crippen LogP contribution in [0, 0.1) is 11.3 Å². The predicted octanol–water partition coefficient (Wildman–Crippen LogP) is 3.41. The number of nitrogens with zero attached hydrogens (tertiary/aromatic N) is 2. The van der Waals surface area contributed by atoms with Crippen molar-refractivity contribution in [2.45, 2.75) is 59.4 Å². The Morgan fingerprint density at radius 3 is 2.70 bits per heavy atom. The normalized spacial score (nSPS) is 21.3. The molecule has 4 N–H and O–H groups in total. The fourth-order valence-corrected chi connectivity index (χ4v) is 3.85. The summed E-state index contributed by atoms with van der Waals surface area (Å²) >= 11 is 0. The van der Waals surface area contributed by atoms with Crippen molar-refractivity contribution in [3.63, 3.8) is 0 Å². The highest BCUT2D eigenvalue weighted by molar-refractivity contribution is 6.02. The standard InChI is InChI=1S/C20H29N5O2/c1-5-6-17(26)23-13-9-15-18(14(19(21)27)10-22-25(15)11-13)24-16-8-7-12(2)20(16,3)4/h9-12,16,24H,5-8H2,1-4H3,(H2,21,27)(H,23,26). The minimum Gasteiger partial charge on any atom is -0.379 e. The Morgan fingerprint density at radius 2 is 2.11 bits per heavy atom. The molecule has 1 fully saturated rings. The summed E-state index contributed by atoms with van der Waals surface area (Å²) < 4.78 is 1.67. The molecule has 2 atom stereocenters. The molecule has 27 heavy (non-hydrogen) atoms. The van der Waals surface area contributed by atoms with Gasteiger partial charge in [-0.25, -0.2) is 4.52 Å². The van der Waals surface area contributed by atoms with E-state index in [0.717, 1.165) is 24.8 Å². The molecule has 1 saturated carbocycles. The molecule has 0 saturated heterocycles. The molecule has 0 aliphatic heterocycles. The predicted molar refractivity (Wildman–Crippen MR) is 107 cm³/mol. The summed E-state index contributed by atoms with van der Waals surface area (Å²) in [4.78, 5) is 23.9. The number of hydrogen-bond donors (Lipinski definition) is 3. The first-order chi connectivity index (χ1) is 12.7. The molecule has 1 aliphatic carbocycles. The van der Waals surface area contributed by atoms with E-state index in [1.165, 1.54) is 6.20 Å². The van der Waals surface area contributed by atoms with Crippen LogP contribution in [0.2, 0.25) is 0 Å². The van der Waals surface area contributed by atoms with E-state index in [1.807, 2.05) is 13.0 Å². The molecule has 2 aromatic heterocycles. The Kier molecular flexibility index (Phi) is 5.13. The van der Waals surface area contributed by atoms with Crippen molar-refractivity contribution in [3.8, 4) is 0 Å². The van der Waals surface area contributed by atoms with Gasteiger partial charge in [-0.2, -0.15) is 5.10 Å². The van der Waals surface area contributed by atoms with Crippen LogP contribution in [0.15, 0.2) is 18.5 Å². The van der Waals surface area contributed by atoms with Crippen LogP contribution in [-0.4, -0.2) is 27.5 Å². The average molecular weight is 371 g/mol. The van der Waals surface area contributed by atoms with Crippen LogP contribution in [0.25, 0.3) is 5.52 Å². The van der Waals surface area contributed by atoms with Crippen LogP contribution in [0.3, 0.4) is 0 Å². The van der Waals surface area contributed by atoms with Gasteiger partial charge in [0.15, 0.2) is 0 Å². The summed E-state index contributed by atoms with van der Waals surface area (Å²) in [6, 6.07) is 2.06. The van der Waals surface area contributed by atoms with Crippen molar-refractivity contribution in [1.29, 1.82) is 0 Å². The highest BCUT2D eigenvalue weighted by atomic mass is 16.2. The Morgan fingerprint density at radius 1 is 1.37 bits per heavy atom. The largest absolute Gasteiger partial charge is 0.379 e. The average Bonchev–Trinajstić information content (AvgIpc) is 3.10. The molecule has 2 aromatic rings. The Bertz CT molecular complexity index is 871. The molecular formula is C20H29N5O2. The molecule has 0 radical (unpaired) electrons. The molecule has 146 valence electrons. The molecule has 7 heteroatoms. The number of primary amides is 1. The lowest BCUT2D eigenvalue weighted by Crippen LogP contribution is -2.35. The van der Waals surface area contributed by atoms with Crippen molar-refractivity contribution in [1.82, 2.24) is 9.61 Å². The van der Waals surface area contributed by atoms with Crippen molar-refractivity contribution >= 4 is 28.7 Å². The number of carbonyl (C=O) groups excluding carboxylic acids is 2. The van der Waals surface area contributed by atoms with E-state index < -0.39 is 5.91 Å². The first kappa shape index (κ1) is 19.2. The second-order valence-corrected chi connectivity index (χ2v) is 8.15. The number of fused-ring (bicyclic) bond motifs is 1. The van der Waals surface area contributed by atoms with Crippen LogP contribution in [0.4, 0.5) is 11.4 Å². The van der Waals surface area contributed by atoms with E-state index in [9.17, 15) is 9.59 Å². The summed E-state index contributed by atoms with van der Waals surface area (Å²) in [6.45, 7) is 8.72. The maximum atomic E-state index is 12.0. The van der Waals surface area contributed by atoms with Gasteiger partial charge in [-0.05, 0) is 36.7 Å². The highest BCUT2D eigenvalue weighted by Gasteiger charge is 2.41. The third kappa shape index (κ3) is 3.63. The number of nitrogens with two attached hydrogens (primary N) is 1. The third-order valence-electron chi connectivity index (χ3n) is 6.04. The third-order valence-corrected chi connectivity index (χ3v) is 6.04. The lowest BCUT2D eigenvalue weighted by atomic mass is 9.80. The maximum Gasteiger partial charge on any atom is 0.252 e. The van der Waals surface area contributed by atoms with E-state index >= 15 is 0 Å². The van der Waals surface area contributed by atoms with Crippen LogP contribution in [0.5, 0.6) is 0 Å². The summed E-state index contributed by atoms with van der Waals surface area (Å²) in [7, 11) is 0. The minimum absolute atomic E-state index is 0.0382. The lowest BCUT2D eigenvalue weighted by Gasteiger charge is -2.33. The van der Waals surface area contributed by atoms with Gasteiger partial charge in [-0.1, -0.05) is 27.7 Å². The molecule has 2 heterocycles. The Balaban J connectivity index is 2.00. The quantitative estimate of drug-likeness (QED) is 0.724. The minimum atomic E-state index is -0.519. The molecule has 2 amide bonds. The van der Waals surface area contributed by atoms with E-state index in [4.69, 9.17) is 5.73 Å². The molecule has 3 rings (SSSR count). The molecule has 2 unspecified atom stereocenters. The number of hydrogen-bond acceptors (Lipinski definition) is 4. The lowest BCUT2D eigenvalue weighted by molar-refractivity contribution is -0.116. The van der Waals surface area contributed by atoms with E-state index in [1.54, 1.807) is 10.7 Å². The SMILES string of the molecule is CCCC(=O)Nc1cc2c(NC3CCC(C)C3(C)C)c(C(N)=O)cnn2c1. The summed E-state index contributed by atoms with van der Waals surface area (Å²) in [5, 5.41) is 10.7.